The summed E-state index contributed by atoms with van der Waals surface area (Å²) in [6.45, 7) is 3.28. The minimum Gasteiger partial charge on any atom is -0.593 e. The molecule has 3 rings (SSSR count). The molecule has 1 N–H and O–H groups in total. The fraction of sp³-hybridized carbons (Fsp3) is 0.261. The number of hydrogen-bond acceptors (Lipinski definition) is 5. The number of benzene rings is 2. The SMILES string of the molecule is CC(C)N(CC(=O)NCc1ccc(F)c(-c2cnc(C(F)(F)F)nc2)c1)[S+]([O-])c1ccc(F)cc1. The molecule has 1 heterocycles. The van der Waals surface area contributed by atoms with E-state index in [1.54, 1.807) is 13.8 Å². The topological polar surface area (TPSA) is 81.2 Å². The molecule has 0 spiro atoms. The van der Waals surface area contributed by atoms with Crippen LogP contribution in [0.4, 0.5) is 22.0 Å². The Labute approximate surface area is 201 Å². The van der Waals surface area contributed by atoms with E-state index in [1.165, 1.54) is 40.7 Å². The van der Waals surface area contributed by atoms with Gasteiger partial charge in [-0.3, -0.25) is 4.79 Å². The molecule has 0 fully saturated rings. The highest BCUT2D eigenvalue weighted by Crippen LogP contribution is 2.28. The number of carbonyl (C=O) groups excluding carboxylic acids is 1. The highest BCUT2D eigenvalue weighted by molar-refractivity contribution is 7.89. The van der Waals surface area contributed by atoms with Crippen LogP contribution in [0.3, 0.4) is 0 Å². The van der Waals surface area contributed by atoms with Gasteiger partial charge in [0.05, 0.1) is 17.4 Å². The van der Waals surface area contributed by atoms with Gasteiger partial charge in [-0.2, -0.15) is 13.2 Å². The van der Waals surface area contributed by atoms with E-state index in [2.05, 4.69) is 15.3 Å². The molecule has 35 heavy (non-hydrogen) atoms. The van der Waals surface area contributed by atoms with Gasteiger partial charge in [0.15, 0.2) is 4.90 Å². The van der Waals surface area contributed by atoms with Crippen molar-refractivity contribution in [3.63, 3.8) is 0 Å². The summed E-state index contributed by atoms with van der Waals surface area (Å²) >= 11 is -1.71. The fourth-order valence-electron chi connectivity index (χ4n) is 3.03. The molecule has 186 valence electrons. The summed E-state index contributed by atoms with van der Waals surface area (Å²) in [5.74, 6) is -2.96. The van der Waals surface area contributed by atoms with Gasteiger partial charge in [-0.25, -0.2) is 18.7 Å². The van der Waals surface area contributed by atoms with Crippen molar-refractivity contribution < 1.29 is 31.3 Å². The zero-order valence-corrected chi connectivity index (χ0v) is 19.5. The molecule has 12 heteroatoms. The van der Waals surface area contributed by atoms with E-state index in [1.807, 2.05) is 0 Å². The van der Waals surface area contributed by atoms with Gasteiger partial charge in [-0.1, -0.05) is 6.07 Å². The van der Waals surface area contributed by atoms with Crippen LogP contribution in [0.15, 0.2) is 59.8 Å². The zero-order valence-electron chi connectivity index (χ0n) is 18.6. The van der Waals surface area contributed by atoms with Crippen LogP contribution in [0.5, 0.6) is 0 Å². The second-order valence-electron chi connectivity index (χ2n) is 7.76. The largest absolute Gasteiger partial charge is 0.593 e. The van der Waals surface area contributed by atoms with Crippen LogP contribution in [0, 0.1) is 11.6 Å². The maximum atomic E-state index is 14.3. The lowest BCUT2D eigenvalue weighted by Crippen LogP contribution is -2.44. The van der Waals surface area contributed by atoms with Gasteiger partial charge in [0, 0.05) is 30.1 Å². The second kappa shape index (κ2) is 11.1. The van der Waals surface area contributed by atoms with E-state index in [9.17, 15) is 31.3 Å². The number of hydrogen-bond donors (Lipinski definition) is 1. The Morgan fingerprint density at radius 3 is 2.29 bits per heavy atom. The van der Waals surface area contributed by atoms with Crippen LogP contribution in [-0.2, 0) is 28.9 Å². The summed E-state index contributed by atoms with van der Waals surface area (Å²) in [4.78, 5) is 19.3. The lowest BCUT2D eigenvalue weighted by atomic mass is 10.0. The number of alkyl halides is 3. The van der Waals surface area contributed by atoms with Crippen LogP contribution in [0.25, 0.3) is 11.1 Å². The summed E-state index contributed by atoms with van der Waals surface area (Å²) in [7, 11) is 0. The maximum Gasteiger partial charge on any atom is 0.451 e. The average Bonchev–Trinajstić information content (AvgIpc) is 2.81. The summed E-state index contributed by atoms with van der Waals surface area (Å²) in [6.07, 6.45) is -2.96. The zero-order chi connectivity index (χ0) is 25.8. The highest BCUT2D eigenvalue weighted by atomic mass is 32.2. The number of amides is 1. The van der Waals surface area contributed by atoms with Gasteiger partial charge in [0.2, 0.25) is 11.7 Å². The van der Waals surface area contributed by atoms with Crippen molar-refractivity contribution in [3.05, 3.63) is 77.9 Å². The van der Waals surface area contributed by atoms with E-state index in [4.69, 9.17) is 0 Å². The van der Waals surface area contributed by atoms with Gasteiger partial charge >= 0.3 is 6.18 Å². The van der Waals surface area contributed by atoms with Crippen molar-refractivity contribution in [1.82, 2.24) is 19.6 Å². The van der Waals surface area contributed by atoms with Gasteiger partial charge in [0.1, 0.15) is 18.2 Å². The molecule has 0 bridgehead atoms. The monoisotopic (exact) mass is 512 g/mol. The first-order valence-electron chi connectivity index (χ1n) is 10.3. The molecule has 6 nitrogen and oxygen atoms in total. The lowest BCUT2D eigenvalue weighted by molar-refractivity contribution is -0.145. The predicted molar refractivity (Wildman–Crippen MR) is 119 cm³/mol. The molecule has 1 atom stereocenters. The predicted octanol–water partition coefficient (Wildman–Crippen LogP) is 4.49. The average molecular weight is 513 g/mol. The molecule has 0 saturated heterocycles. The van der Waals surface area contributed by atoms with E-state index in [-0.39, 0.29) is 30.3 Å². The van der Waals surface area contributed by atoms with Gasteiger partial charge in [-0.15, -0.1) is 4.31 Å². The maximum absolute atomic E-state index is 14.3. The highest BCUT2D eigenvalue weighted by Gasteiger charge is 2.34. The number of halogens is 5. The molecular formula is C23H21F5N4O2S. The van der Waals surface area contributed by atoms with Crippen molar-refractivity contribution in [2.45, 2.75) is 37.5 Å². The third kappa shape index (κ3) is 6.96. The Morgan fingerprint density at radius 2 is 1.71 bits per heavy atom. The molecule has 2 aromatic carbocycles. The molecule has 0 aliphatic rings. The first-order chi connectivity index (χ1) is 16.5. The molecular weight excluding hydrogens is 491 g/mol. The standard InChI is InChI=1S/C23H21F5N4O2S/c1-14(2)32(35(34)18-6-4-17(24)5-7-18)13-21(33)29-10-15-3-8-20(25)19(9-15)16-11-30-22(31-12-16)23(26,27)28/h3-9,11-12,14H,10,13H2,1-2H3,(H,29,33). The van der Waals surface area contributed by atoms with Crippen molar-refractivity contribution in [1.29, 1.82) is 0 Å². The van der Waals surface area contributed by atoms with Gasteiger partial charge in [-0.05, 0) is 55.8 Å². The number of aromatic nitrogens is 2. The van der Waals surface area contributed by atoms with Crippen LogP contribution in [-0.4, -0.2) is 37.3 Å². The van der Waals surface area contributed by atoms with Crippen molar-refractivity contribution in [3.8, 4) is 11.1 Å². The first-order valence-corrected chi connectivity index (χ1v) is 11.4. The number of carbonyl (C=O) groups is 1. The molecule has 0 aliphatic heterocycles. The fourth-order valence-corrected chi connectivity index (χ4v) is 4.29. The minimum absolute atomic E-state index is 0.0112. The van der Waals surface area contributed by atoms with Crippen molar-refractivity contribution >= 4 is 17.3 Å². The Bertz CT molecular complexity index is 1160. The Balaban J connectivity index is 1.67. The molecule has 3 aromatic rings. The Hall–Kier alpha value is -3.09. The number of rotatable bonds is 8. The summed E-state index contributed by atoms with van der Waals surface area (Å²) in [5.41, 5.74) is 0.501. The molecule has 1 unspecified atom stereocenters. The molecule has 1 amide bonds. The van der Waals surface area contributed by atoms with Crippen LogP contribution >= 0.6 is 0 Å². The lowest BCUT2D eigenvalue weighted by Gasteiger charge is -2.26. The molecule has 0 saturated carbocycles. The first kappa shape index (κ1) is 26.5. The number of nitrogens with zero attached hydrogens (tertiary/aromatic N) is 3. The van der Waals surface area contributed by atoms with E-state index in [0.717, 1.165) is 18.5 Å². The van der Waals surface area contributed by atoms with Gasteiger partial charge in [0.25, 0.3) is 0 Å². The third-order valence-electron chi connectivity index (χ3n) is 4.84. The van der Waals surface area contributed by atoms with Crippen LogP contribution in [0.2, 0.25) is 0 Å². The van der Waals surface area contributed by atoms with Crippen LogP contribution < -0.4 is 5.32 Å². The van der Waals surface area contributed by atoms with Crippen LogP contribution in [0.1, 0.15) is 25.2 Å². The Morgan fingerprint density at radius 1 is 1.09 bits per heavy atom. The van der Waals surface area contributed by atoms with E-state index in [0.29, 0.717) is 10.5 Å². The van der Waals surface area contributed by atoms with Gasteiger partial charge < -0.3 is 9.87 Å². The van der Waals surface area contributed by atoms with Crippen molar-refractivity contribution in [2.24, 2.45) is 0 Å². The van der Waals surface area contributed by atoms with E-state index < -0.39 is 40.9 Å². The number of nitrogens with one attached hydrogen (secondary N) is 1. The summed E-state index contributed by atoms with van der Waals surface area (Å²) in [5, 5.41) is 2.65. The normalized spacial score (nSPS) is 12.7. The quantitative estimate of drug-likeness (QED) is 0.355. The molecule has 0 radical (unpaired) electrons. The molecule has 1 aromatic heterocycles. The minimum atomic E-state index is -4.71. The van der Waals surface area contributed by atoms with E-state index >= 15 is 0 Å². The molecule has 0 aliphatic carbocycles. The smallest absolute Gasteiger partial charge is 0.451 e. The third-order valence-corrected chi connectivity index (χ3v) is 6.49. The van der Waals surface area contributed by atoms with Crippen molar-refractivity contribution in [2.75, 3.05) is 6.54 Å². The summed E-state index contributed by atoms with van der Waals surface area (Å²) in [6, 6.07) is 8.76. The second-order valence-corrected chi connectivity index (χ2v) is 9.19. The summed E-state index contributed by atoms with van der Waals surface area (Å²) < 4.78 is 79.7. The Kier molecular flexibility index (Phi) is 8.41.